The van der Waals surface area contributed by atoms with Gasteiger partial charge in [-0.2, -0.15) is 0 Å². The number of carbonyl (C=O) groups is 3. The summed E-state index contributed by atoms with van der Waals surface area (Å²) < 4.78 is 0. The molecule has 0 radical (unpaired) electrons. The maximum Gasteiger partial charge on any atom is 0.262 e. The van der Waals surface area contributed by atoms with E-state index in [1.807, 2.05) is 13.0 Å². The monoisotopic (exact) mass is 399 g/mol. The van der Waals surface area contributed by atoms with Crippen LogP contribution in [0.3, 0.4) is 0 Å². The Labute approximate surface area is 169 Å². The zero-order chi connectivity index (χ0) is 19.1. The first-order valence-electron chi connectivity index (χ1n) is 9.03. The SMILES string of the molecule is Cc1ccc2c(c1)C(=O)N(C(C)C(=O)NCc1ccc3c(c1)CNC3)C2=O.Cl. The standard InChI is InChI=1S/C21H21N3O3.ClH/c1-12-3-6-17-18(7-12)21(27)24(20(17)26)13(2)19(25)23-9-14-4-5-15-10-22-11-16(15)8-14;/h3-8,13,22H,9-11H2,1-2H3,(H,23,25);1H. The number of rotatable bonds is 4. The quantitative estimate of drug-likeness (QED) is 0.773. The summed E-state index contributed by atoms with van der Waals surface area (Å²) in [6.07, 6.45) is 0. The molecular weight excluding hydrogens is 378 g/mol. The smallest absolute Gasteiger partial charge is 0.262 e. The van der Waals surface area contributed by atoms with Crippen molar-refractivity contribution in [2.24, 2.45) is 0 Å². The highest BCUT2D eigenvalue weighted by molar-refractivity contribution is 6.22. The van der Waals surface area contributed by atoms with Crippen LogP contribution in [0.25, 0.3) is 0 Å². The Morgan fingerprint density at radius 1 is 1.07 bits per heavy atom. The molecule has 1 unspecified atom stereocenters. The Morgan fingerprint density at radius 3 is 2.57 bits per heavy atom. The van der Waals surface area contributed by atoms with Crippen LogP contribution in [0, 0.1) is 6.92 Å². The lowest BCUT2D eigenvalue weighted by atomic mass is 10.1. The van der Waals surface area contributed by atoms with E-state index in [-0.39, 0.29) is 18.3 Å². The molecule has 2 heterocycles. The molecule has 0 aromatic heterocycles. The molecule has 0 fully saturated rings. The third kappa shape index (κ3) is 3.41. The number of carbonyl (C=O) groups excluding carboxylic acids is 3. The van der Waals surface area contributed by atoms with Gasteiger partial charge in [0.1, 0.15) is 6.04 Å². The van der Waals surface area contributed by atoms with E-state index in [9.17, 15) is 14.4 Å². The van der Waals surface area contributed by atoms with Gasteiger partial charge >= 0.3 is 0 Å². The van der Waals surface area contributed by atoms with Gasteiger partial charge in [0.25, 0.3) is 11.8 Å². The number of nitrogens with one attached hydrogen (secondary N) is 2. The molecule has 1 atom stereocenters. The van der Waals surface area contributed by atoms with Crippen LogP contribution >= 0.6 is 12.4 Å². The third-order valence-electron chi connectivity index (χ3n) is 5.21. The maximum absolute atomic E-state index is 12.6. The van der Waals surface area contributed by atoms with E-state index in [0.717, 1.165) is 29.1 Å². The maximum atomic E-state index is 12.6. The Hall–Kier alpha value is -2.70. The lowest BCUT2D eigenvalue weighted by Gasteiger charge is -2.21. The van der Waals surface area contributed by atoms with E-state index in [2.05, 4.69) is 22.8 Å². The van der Waals surface area contributed by atoms with Gasteiger partial charge in [-0.1, -0.05) is 29.8 Å². The topological polar surface area (TPSA) is 78.5 Å². The zero-order valence-corrected chi connectivity index (χ0v) is 16.6. The fraction of sp³-hybridized carbons (Fsp3) is 0.286. The van der Waals surface area contributed by atoms with Gasteiger partial charge in [0, 0.05) is 19.6 Å². The molecule has 0 bridgehead atoms. The summed E-state index contributed by atoms with van der Waals surface area (Å²) >= 11 is 0. The van der Waals surface area contributed by atoms with E-state index >= 15 is 0 Å². The normalized spacial score (nSPS) is 15.7. The largest absolute Gasteiger partial charge is 0.350 e. The van der Waals surface area contributed by atoms with Crippen LogP contribution in [-0.2, 0) is 24.4 Å². The number of nitrogens with zero attached hydrogens (tertiary/aromatic N) is 1. The minimum Gasteiger partial charge on any atom is -0.350 e. The van der Waals surface area contributed by atoms with Crippen LogP contribution in [0.2, 0.25) is 0 Å². The van der Waals surface area contributed by atoms with E-state index in [4.69, 9.17) is 0 Å². The van der Waals surface area contributed by atoms with Gasteiger partial charge in [-0.15, -0.1) is 12.4 Å². The molecule has 2 aromatic rings. The highest BCUT2D eigenvalue weighted by Crippen LogP contribution is 2.25. The fourth-order valence-electron chi connectivity index (χ4n) is 3.64. The predicted molar refractivity (Wildman–Crippen MR) is 107 cm³/mol. The van der Waals surface area contributed by atoms with Crippen molar-refractivity contribution in [3.63, 3.8) is 0 Å². The van der Waals surface area contributed by atoms with Crippen LogP contribution < -0.4 is 10.6 Å². The van der Waals surface area contributed by atoms with Gasteiger partial charge in [0.2, 0.25) is 5.91 Å². The second kappa shape index (κ2) is 7.73. The number of aryl methyl sites for hydroxylation is 1. The van der Waals surface area contributed by atoms with E-state index in [1.54, 1.807) is 25.1 Å². The summed E-state index contributed by atoms with van der Waals surface area (Å²) in [4.78, 5) is 38.8. The number of halogens is 1. The fourth-order valence-corrected chi connectivity index (χ4v) is 3.64. The average Bonchev–Trinajstić information content (AvgIpc) is 3.22. The lowest BCUT2D eigenvalue weighted by molar-refractivity contribution is -0.124. The third-order valence-corrected chi connectivity index (χ3v) is 5.21. The van der Waals surface area contributed by atoms with Gasteiger partial charge in [0.05, 0.1) is 11.1 Å². The molecule has 2 aliphatic rings. The van der Waals surface area contributed by atoms with E-state index in [0.29, 0.717) is 17.7 Å². The van der Waals surface area contributed by atoms with Gasteiger partial charge in [-0.25, -0.2) is 0 Å². The molecule has 0 aliphatic carbocycles. The second-order valence-corrected chi connectivity index (χ2v) is 7.13. The molecule has 0 saturated heterocycles. The first-order chi connectivity index (χ1) is 13.0. The van der Waals surface area contributed by atoms with E-state index in [1.165, 1.54) is 11.1 Å². The number of fused-ring (bicyclic) bond motifs is 2. The Bertz CT molecular complexity index is 973. The first kappa shape index (κ1) is 20.0. The van der Waals surface area contributed by atoms with E-state index < -0.39 is 17.9 Å². The summed E-state index contributed by atoms with van der Waals surface area (Å²) in [6, 6.07) is 10.4. The molecule has 28 heavy (non-hydrogen) atoms. The average molecular weight is 400 g/mol. The summed E-state index contributed by atoms with van der Waals surface area (Å²) in [7, 11) is 0. The van der Waals surface area contributed by atoms with Gasteiger partial charge in [0.15, 0.2) is 0 Å². The molecule has 0 spiro atoms. The molecule has 2 N–H and O–H groups in total. The van der Waals surface area contributed by atoms with Gasteiger partial charge in [-0.3, -0.25) is 19.3 Å². The Morgan fingerprint density at radius 2 is 1.79 bits per heavy atom. The van der Waals surface area contributed by atoms with Crippen molar-refractivity contribution in [1.29, 1.82) is 0 Å². The molecule has 2 aliphatic heterocycles. The molecule has 7 heteroatoms. The summed E-state index contributed by atoms with van der Waals surface area (Å²) in [5.41, 5.74) is 5.14. The number of benzene rings is 2. The zero-order valence-electron chi connectivity index (χ0n) is 15.7. The van der Waals surface area contributed by atoms with Crippen LogP contribution in [0.1, 0.15) is 49.9 Å². The van der Waals surface area contributed by atoms with Crippen LogP contribution in [0.4, 0.5) is 0 Å². The minimum atomic E-state index is -0.867. The molecular formula is C21H22ClN3O3. The van der Waals surface area contributed by atoms with Gasteiger partial charge in [-0.05, 0) is 42.7 Å². The molecule has 6 nitrogen and oxygen atoms in total. The van der Waals surface area contributed by atoms with Crippen molar-refractivity contribution in [3.8, 4) is 0 Å². The minimum absolute atomic E-state index is 0. The van der Waals surface area contributed by atoms with Crippen molar-refractivity contribution in [1.82, 2.24) is 15.5 Å². The summed E-state index contributed by atoms with van der Waals surface area (Å²) in [5.74, 6) is -1.17. The van der Waals surface area contributed by atoms with Crippen molar-refractivity contribution >= 4 is 30.1 Å². The van der Waals surface area contributed by atoms with Gasteiger partial charge < -0.3 is 10.6 Å². The van der Waals surface area contributed by atoms with Crippen LogP contribution in [0.15, 0.2) is 36.4 Å². The Balaban J connectivity index is 0.00000225. The summed E-state index contributed by atoms with van der Waals surface area (Å²) in [5, 5.41) is 6.13. The number of hydrogen-bond acceptors (Lipinski definition) is 4. The summed E-state index contributed by atoms with van der Waals surface area (Å²) in [6.45, 7) is 5.51. The molecule has 146 valence electrons. The van der Waals surface area contributed by atoms with Crippen molar-refractivity contribution < 1.29 is 14.4 Å². The van der Waals surface area contributed by atoms with Crippen molar-refractivity contribution in [3.05, 3.63) is 69.8 Å². The molecule has 0 saturated carbocycles. The first-order valence-corrected chi connectivity index (χ1v) is 9.03. The van der Waals surface area contributed by atoms with Crippen molar-refractivity contribution in [2.45, 2.75) is 39.5 Å². The number of hydrogen-bond donors (Lipinski definition) is 2. The highest BCUT2D eigenvalue weighted by Gasteiger charge is 2.40. The lowest BCUT2D eigenvalue weighted by Crippen LogP contribution is -2.47. The van der Waals surface area contributed by atoms with Crippen molar-refractivity contribution in [2.75, 3.05) is 0 Å². The highest BCUT2D eigenvalue weighted by atomic mass is 35.5. The number of imide groups is 1. The van der Waals surface area contributed by atoms with Crippen LogP contribution in [-0.4, -0.2) is 28.7 Å². The molecule has 2 aromatic carbocycles. The Kier molecular flexibility index (Phi) is 5.54. The predicted octanol–water partition coefficient (Wildman–Crippen LogP) is 2.32. The number of amides is 3. The molecule has 3 amide bonds. The second-order valence-electron chi connectivity index (χ2n) is 7.13. The molecule has 4 rings (SSSR count). The van der Waals surface area contributed by atoms with Crippen LogP contribution in [0.5, 0.6) is 0 Å².